The summed E-state index contributed by atoms with van der Waals surface area (Å²) in [6.45, 7) is 9.29. The van der Waals surface area contributed by atoms with Crippen LogP contribution in [0.2, 0.25) is 0 Å². The third-order valence-electron chi connectivity index (χ3n) is 7.05. The van der Waals surface area contributed by atoms with Gasteiger partial charge in [-0.2, -0.15) is 5.26 Å². The van der Waals surface area contributed by atoms with Crippen molar-refractivity contribution in [2.45, 2.75) is 40.2 Å². The number of rotatable bonds is 10. The molecular weight excluding hydrogens is 478 g/mol. The second-order valence-corrected chi connectivity index (χ2v) is 9.55. The number of aromatic nitrogens is 2. The van der Waals surface area contributed by atoms with Crippen LogP contribution in [0.15, 0.2) is 36.7 Å². The quantitative estimate of drug-likeness (QED) is 0.396. The van der Waals surface area contributed by atoms with Crippen molar-refractivity contribution < 1.29 is 14.3 Å². The number of aryl methyl sites for hydroxylation is 1. The minimum Gasteiger partial charge on any atom is -0.492 e. The highest BCUT2D eigenvalue weighted by Crippen LogP contribution is 2.35. The predicted octanol–water partition coefficient (Wildman–Crippen LogP) is 4.42. The molecule has 1 amide bonds. The Balaban J connectivity index is 1.72. The summed E-state index contributed by atoms with van der Waals surface area (Å²) >= 11 is 0. The van der Waals surface area contributed by atoms with E-state index in [1.54, 1.807) is 13.2 Å². The number of amides is 1. The molecule has 0 spiro atoms. The SMILES string of the molecule is CCOc1cc(CN2CCc3c(cc(CCN(C)CC)cc3-c3cc(OC)ncc3C)C2=O)ncc1C#N. The van der Waals surface area contributed by atoms with Gasteiger partial charge in [0.2, 0.25) is 5.88 Å². The maximum absolute atomic E-state index is 13.9. The molecule has 3 aromatic rings. The maximum atomic E-state index is 13.9. The van der Waals surface area contributed by atoms with Gasteiger partial charge in [0.05, 0.1) is 26.0 Å². The summed E-state index contributed by atoms with van der Waals surface area (Å²) in [6, 6.07) is 10.1. The van der Waals surface area contributed by atoms with Crippen LogP contribution in [0.4, 0.5) is 0 Å². The Labute approximate surface area is 224 Å². The van der Waals surface area contributed by atoms with E-state index in [1.807, 2.05) is 31.0 Å². The molecule has 0 saturated heterocycles. The van der Waals surface area contributed by atoms with Crippen LogP contribution in [0.25, 0.3) is 11.1 Å². The van der Waals surface area contributed by atoms with Gasteiger partial charge in [0.15, 0.2) is 0 Å². The van der Waals surface area contributed by atoms with E-state index >= 15 is 0 Å². The Bertz CT molecular complexity index is 1360. The molecule has 0 radical (unpaired) electrons. The van der Waals surface area contributed by atoms with Crippen LogP contribution >= 0.6 is 0 Å². The molecule has 0 bridgehead atoms. The summed E-state index contributed by atoms with van der Waals surface area (Å²) in [4.78, 5) is 26.7. The molecule has 1 aliphatic rings. The van der Waals surface area contributed by atoms with Crippen molar-refractivity contribution in [3.05, 3.63) is 70.2 Å². The largest absolute Gasteiger partial charge is 0.492 e. The van der Waals surface area contributed by atoms with E-state index in [0.717, 1.165) is 59.3 Å². The van der Waals surface area contributed by atoms with E-state index in [4.69, 9.17) is 9.47 Å². The Morgan fingerprint density at radius 2 is 1.89 bits per heavy atom. The number of methoxy groups -OCH3 is 1. The van der Waals surface area contributed by atoms with Crippen LogP contribution in [0.3, 0.4) is 0 Å². The van der Waals surface area contributed by atoms with Gasteiger partial charge in [0.25, 0.3) is 5.91 Å². The summed E-state index contributed by atoms with van der Waals surface area (Å²) in [5.41, 5.74) is 7.14. The number of benzene rings is 1. The van der Waals surface area contributed by atoms with Crippen LogP contribution in [-0.4, -0.2) is 66.1 Å². The lowest BCUT2D eigenvalue weighted by Gasteiger charge is -2.31. The first-order valence-corrected chi connectivity index (χ1v) is 13.0. The van der Waals surface area contributed by atoms with Crippen molar-refractivity contribution in [3.63, 3.8) is 0 Å². The first kappa shape index (κ1) is 27.1. The van der Waals surface area contributed by atoms with Gasteiger partial charge in [-0.3, -0.25) is 9.78 Å². The number of nitriles is 1. The second-order valence-electron chi connectivity index (χ2n) is 9.55. The Morgan fingerprint density at radius 1 is 1.11 bits per heavy atom. The average molecular weight is 514 g/mol. The van der Waals surface area contributed by atoms with Crippen LogP contribution in [-0.2, 0) is 19.4 Å². The minimum atomic E-state index is -0.0130. The summed E-state index contributed by atoms with van der Waals surface area (Å²) in [7, 11) is 3.72. The number of hydrogen-bond acceptors (Lipinski definition) is 7. The van der Waals surface area contributed by atoms with E-state index in [0.29, 0.717) is 42.6 Å². The molecule has 4 rings (SSSR count). The fourth-order valence-corrected chi connectivity index (χ4v) is 4.75. The number of carbonyl (C=O) groups excluding carboxylic acids is 1. The molecule has 1 aliphatic heterocycles. The van der Waals surface area contributed by atoms with Gasteiger partial charge in [-0.15, -0.1) is 0 Å². The Hall–Kier alpha value is -3.96. The lowest BCUT2D eigenvalue weighted by Crippen LogP contribution is -2.37. The fourth-order valence-electron chi connectivity index (χ4n) is 4.75. The number of fused-ring (bicyclic) bond motifs is 1. The summed E-state index contributed by atoms with van der Waals surface area (Å²) < 4.78 is 11.0. The predicted molar refractivity (Wildman–Crippen MR) is 146 cm³/mol. The maximum Gasteiger partial charge on any atom is 0.254 e. The van der Waals surface area contributed by atoms with Gasteiger partial charge in [-0.25, -0.2) is 4.98 Å². The number of ether oxygens (including phenoxy) is 2. The lowest BCUT2D eigenvalue weighted by molar-refractivity contribution is 0.0724. The minimum absolute atomic E-state index is 0.0130. The first-order chi connectivity index (χ1) is 18.4. The highest BCUT2D eigenvalue weighted by atomic mass is 16.5. The molecule has 0 saturated carbocycles. The third-order valence-corrected chi connectivity index (χ3v) is 7.05. The third kappa shape index (κ3) is 5.79. The Kier molecular flexibility index (Phi) is 8.59. The van der Waals surface area contributed by atoms with Crippen molar-refractivity contribution in [1.82, 2.24) is 19.8 Å². The molecule has 8 heteroatoms. The number of pyridine rings is 2. The van der Waals surface area contributed by atoms with Crippen molar-refractivity contribution >= 4 is 5.91 Å². The molecule has 0 N–H and O–H groups in total. The van der Waals surface area contributed by atoms with Gasteiger partial charge in [0, 0.05) is 43.2 Å². The molecular formula is C30H35N5O3. The number of hydrogen-bond donors (Lipinski definition) is 0. The topological polar surface area (TPSA) is 91.6 Å². The fraction of sp³-hybridized carbons (Fsp3) is 0.400. The molecule has 2 aromatic heterocycles. The summed E-state index contributed by atoms with van der Waals surface area (Å²) in [5, 5.41) is 9.35. The van der Waals surface area contributed by atoms with E-state index in [1.165, 1.54) is 6.20 Å². The van der Waals surface area contributed by atoms with Crippen molar-refractivity contribution in [1.29, 1.82) is 5.26 Å². The molecule has 0 aliphatic carbocycles. The monoisotopic (exact) mass is 513 g/mol. The molecule has 0 fully saturated rings. The van der Waals surface area contributed by atoms with E-state index in [9.17, 15) is 10.1 Å². The molecule has 3 heterocycles. The van der Waals surface area contributed by atoms with Gasteiger partial charge in [0.1, 0.15) is 17.4 Å². The number of carbonyl (C=O) groups is 1. The number of likely N-dealkylation sites (N-methyl/N-ethyl adjacent to an activating group) is 1. The van der Waals surface area contributed by atoms with Crippen LogP contribution in [0.5, 0.6) is 11.6 Å². The smallest absolute Gasteiger partial charge is 0.254 e. The highest BCUT2D eigenvalue weighted by molar-refractivity contribution is 5.99. The molecule has 8 nitrogen and oxygen atoms in total. The summed E-state index contributed by atoms with van der Waals surface area (Å²) in [5.74, 6) is 1.04. The van der Waals surface area contributed by atoms with Gasteiger partial charge >= 0.3 is 0 Å². The first-order valence-electron chi connectivity index (χ1n) is 13.0. The van der Waals surface area contributed by atoms with Crippen LogP contribution < -0.4 is 9.47 Å². The molecule has 198 valence electrons. The van der Waals surface area contributed by atoms with Crippen molar-refractivity contribution in [3.8, 4) is 28.8 Å². The number of nitrogens with zero attached hydrogens (tertiary/aromatic N) is 5. The molecule has 0 unspecified atom stereocenters. The Morgan fingerprint density at radius 3 is 2.61 bits per heavy atom. The zero-order chi connectivity index (χ0) is 27.2. The normalized spacial score (nSPS) is 12.9. The zero-order valence-corrected chi connectivity index (χ0v) is 22.9. The highest BCUT2D eigenvalue weighted by Gasteiger charge is 2.28. The van der Waals surface area contributed by atoms with Crippen molar-refractivity contribution in [2.24, 2.45) is 0 Å². The van der Waals surface area contributed by atoms with Gasteiger partial charge in [-0.1, -0.05) is 13.0 Å². The van der Waals surface area contributed by atoms with E-state index < -0.39 is 0 Å². The molecule has 0 atom stereocenters. The van der Waals surface area contributed by atoms with Crippen LogP contribution in [0, 0.1) is 18.3 Å². The second kappa shape index (κ2) is 12.1. The van der Waals surface area contributed by atoms with Crippen molar-refractivity contribution in [2.75, 3.05) is 40.4 Å². The van der Waals surface area contributed by atoms with E-state index in [-0.39, 0.29) is 5.91 Å². The van der Waals surface area contributed by atoms with Gasteiger partial charge < -0.3 is 19.3 Å². The molecule has 1 aromatic carbocycles. The average Bonchev–Trinajstić information content (AvgIpc) is 2.93. The zero-order valence-electron chi connectivity index (χ0n) is 22.9. The lowest BCUT2D eigenvalue weighted by atomic mass is 9.86. The van der Waals surface area contributed by atoms with E-state index in [2.05, 4.69) is 47.0 Å². The van der Waals surface area contributed by atoms with Crippen LogP contribution in [0.1, 0.15) is 52.2 Å². The molecule has 38 heavy (non-hydrogen) atoms. The standard InChI is InChI=1S/C30H35N5O3/c1-6-34(4)10-8-21-12-26(25-15-29(37-5)33-17-20(25)3)24-9-11-35(30(36)27(24)13-21)19-23-14-28(38-7-2)22(16-31)18-32-23/h12-15,17-18H,6-11,19H2,1-5H3. The van der Waals surface area contributed by atoms with Gasteiger partial charge in [-0.05, 0) is 74.2 Å². The summed E-state index contributed by atoms with van der Waals surface area (Å²) in [6.07, 6.45) is 4.91.